The van der Waals surface area contributed by atoms with Crippen LogP contribution in [0.5, 0.6) is 5.75 Å². The van der Waals surface area contributed by atoms with Gasteiger partial charge in [-0.2, -0.15) is 12.6 Å². The Labute approximate surface area is 188 Å². The lowest BCUT2D eigenvalue weighted by molar-refractivity contribution is -0.141. The summed E-state index contributed by atoms with van der Waals surface area (Å²) in [5, 5.41) is 11.7. The van der Waals surface area contributed by atoms with Crippen molar-refractivity contribution in [3.05, 3.63) is 59.7 Å². The van der Waals surface area contributed by atoms with Crippen LogP contribution in [0, 0.1) is 12.8 Å². The number of aliphatic hydroxyl groups excluding tert-OH is 1. The van der Waals surface area contributed by atoms with E-state index in [-0.39, 0.29) is 31.5 Å². The van der Waals surface area contributed by atoms with Gasteiger partial charge < -0.3 is 19.3 Å². The molecule has 1 amide bonds. The Bertz CT molecular complexity index is 842. The predicted octanol–water partition coefficient (Wildman–Crippen LogP) is 4.16. The molecule has 31 heavy (non-hydrogen) atoms. The lowest BCUT2D eigenvalue weighted by Crippen LogP contribution is -2.23. The molecular weight excluding hydrogens is 418 g/mol. The summed E-state index contributed by atoms with van der Waals surface area (Å²) in [6.07, 6.45) is -0.698. The number of anilines is 1. The van der Waals surface area contributed by atoms with Gasteiger partial charge in [0.25, 0.3) is 0 Å². The van der Waals surface area contributed by atoms with Crippen LogP contribution in [0.1, 0.15) is 30.6 Å². The number of carbonyl (C=O) groups excluding carboxylic acids is 2. The summed E-state index contributed by atoms with van der Waals surface area (Å²) < 4.78 is 16.4. The third-order valence-electron chi connectivity index (χ3n) is 4.56. The van der Waals surface area contributed by atoms with E-state index < -0.39 is 18.2 Å². The van der Waals surface area contributed by atoms with Gasteiger partial charge >= 0.3 is 12.1 Å². The predicted molar refractivity (Wildman–Crippen MR) is 122 cm³/mol. The average Bonchev–Trinajstić information content (AvgIpc) is 2.77. The van der Waals surface area contributed by atoms with Gasteiger partial charge in [-0.15, -0.1) is 0 Å². The van der Waals surface area contributed by atoms with Crippen molar-refractivity contribution in [3.8, 4) is 5.75 Å². The number of amides is 1. The second-order valence-electron chi connectivity index (χ2n) is 7.11. The number of hydrogen-bond donors (Lipinski definition) is 3. The molecule has 0 radical (unpaired) electrons. The van der Waals surface area contributed by atoms with E-state index in [4.69, 9.17) is 19.3 Å². The quantitative estimate of drug-likeness (QED) is 0.354. The van der Waals surface area contributed by atoms with E-state index in [1.807, 2.05) is 32.0 Å². The Balaban J connectivity index is 2.13. The van der Waals surface area contributed by atoms with E-state index in [0.717, 1.165) is 11.1 Å². The average molecular weight is 448 g/mol. The SMILES string of the molecule is Cc1ccc(NC(=O)O[C@@H](c2cccc(OCCO)c2)[C@@H](C)CCOC(=O)CS)cc1. The van der Waals surface area contributed by atoms with E-state index >= 15 is 0 Å². The number of nitrogens with one attached hydrogen (secondary N) is 1. The van der Waals surface area contributed by atoms with Gasteiger partial charge in [-0.1, -0.05) is 36.8 Å². The molecule has 2 aromatic carbocycles. The Morgan fingerprint density at radius 1 is 1.13 bits per heavy atom. The number of benzene rings is 2. The maximum atomic E-state index is 12.6. The molecule has 0 fully saturated rings. The monoisotopic (exact) mass is 447 g/mol. The van der Waals surface area contributed by atoms with Crippen LogP contribution in [-0.4, -0.2) is 42.7 Å². The third kappa shape index (κ3) is 8.51. The molecule has 0 aliphatic carbocycles. The van der Waals surface area contributed by atoms with Crippen LogP contribution >= 0.6 is 12.6 Å². The van der Waals surface area contributed by atoms with Crippen molar-refractivity contribution >= 4 is 30.4 Å². The van der Waals surface area contributed by atoms with E-state index in [1.54, 1.807) is 30.3 Å². The summed E-state index contributed by atoms with van der Waals surface area (Å²) in [6.45, 7) is 4.14. The van der Waals surface area contributed by atoms with E-state index in [9.17, 15) is 9.59 Å². The standard InChI is InChI=1S/C23H29NO6S/c1-16-6-8-19(9-7-16)24-23(27)30-22(17(2)10-12-29-21(26)15-31)18-4-3-5-20(14-18)28-13-11-25/h3-9,14,17,22,25,31H,10-13,15H2,1-2H3,(H,24,27)/t17-,22+/m0/s1. The number of esters is 1. The Morgan fingerprint density at radius 2 is 1.87 bits per heavy atom. The first kappa shape index (κ1) is 24.6. The van der Waals surface area contributed by atoms with Gasteiger partial charge in [0, 0.05) is 11.6 Å². The summed E-state index contributed by atoms with van der Waals surface area (Å²) >= 11 is 3.89. The molecule has 168 valence electrons. The number of hydrogen-bond acceptors (Lipinski definition) is 7. The molecule has 0 saturated heterocycles. The fraction of sp³-hybridized carbons (Fsp3) is 0.391. The van der Waals surface area contributed by atoms with Crippen LogP contribution < -0.4 is 10.1 Å². The zero-order valence-corrected chi connectivity index (χ0v) is 18.6. The lowest BCUT2D eigenvalue weighted by Gasteiger charge is -2.25. The minimum Gasteiger partial charge on any atom is -0.491 e. The molecule has 0 aliphatic heterocycles. The molecule has 2 aromatic rings. The van der Waals surface area contributed by atoms with Crippen molar-refractivity contribution in [3.63, 3.8) is 0 Å². The van der Waals surface area contributed by atoms with Crippen molar-refractivity contribution < 1.29 is 28.9 Å². The Kier molecular flexibility index (Phi) is 10.2. The van der Waals surface area contributed by atoms with Gasteiger partial charge in [0.15, 0.2) is 0 Å². The smallest absolute Gasteiger partial charge is 0.412 e. The van der Waals surface area contributed by atoms with Crippen molar-refractivity contribution in [1.29, 1.82) is 0 Å². The molecule has 0 aliphatic rings. The molecule has 0 aromatic heterocycles. The van der Waals surface area contributed by atoms with Crippen LogP contribution in [0.4, 0.5) is 10.5 Å². The number of aryl methyl sites for hydroxylation is 1. The highest BCUT2D eigenvalue weighted by Crippen LogP contribution is 2.31. The maximum Gasteiger partial charge on any atom is 0.412 e. The zero-order chi connectivity index (χ0) is 22.6. The molecule has 0 spiro atoms. The second kappa shape index (κ2) is 12.9. The fourth-order valence-corrected chi connectivity index (χ4v) is 3.00. The first-order chi connectivity index (χ1) is 14.9. The van der Waals surface area contributed by atoms with Crippen molar-refractivity contribution in [1.82, 2.24) is 0 Å². The van der Waals surface area contributed by atoms with Gasteiger partial charge in [0.1, 0.15) is 18.5 Å². The normalized spacial score (nSPS) is 12.5. The molecule has 7 nitrogen and oxygen atoms in total. The molecule has 8 heteroatoms. The number of aliphatic hydroxyl groups is 1. The number of thiol groups is 1. The lowest BCUT2D eigenvalue weighted by atomic mass is 9.94. The van der Waals surface area contributed by atoms with Gasteiger partial charge in [0.2, 0.25) is 0 Å². The van der Waals surface area contributed by atoms with Crippen molar-refractivity contribution in [2.45, 2.75) is 26.4 Å². The number of rotatable bonds is 11. The molecule has 2 atom stereocenters. The first-order valence-corrected chi connectivity index (χ1v) is 10.7. The number of carbonyl (C=O) groups is 2. The summed E-state index contributed by atoms with van der Waals surface area (Å²) in [6, 6.07) is 14.6. The van der Waals surface area contributed by atoms with Crippen LogP contribution in [-0.2, 0) is 14.3 Å². The highest BCUT2D eigenvalue weighted by molar-refractivity contribution is 7.81. The molecule has 2 rings (SSSR count). The van der Waals surface area contributed by atoms with Gasteiger partial charge in [-0.3, -0.25) is 10.1 Å². The molecule has 2 N–H and O–H groups in total. The molecular formula is C23H29NO6S. The summed E-state index contributed by atoms with van der Waals surface area (Å²) in [5.74, 6) is 0.0271. The summed E-state index contributed by atoms with van der Waals surface area (Å²) in [7, 11) is 0. The Morgan fingerprint density at radius 3 is 2.55 bits per heavy atom. The topological polar surface area (TPSA) is 94.1 Å². The highest BCUT2D eigenvalue weighted by Gasteiger charge is 2.25. The van der Waals surface area contributed by atoms with E-state index in [1.165, 1.54) is 0 Å². The summed E-state index contributed by atoms with van der Waals surface area (Å²) in [4.78, 5) is 23.9. The van der Waals surface area contributed by atoms with Crippen molar-refractivity contribution in [2.24, 2.45) is 5.92 Å². The molecule has 0 heterocycles. The molecule has 0 saturated carbocycles. The fourth-order valence-electron chi connectivity index (χ4n) is 2.91. The molecule has 0 bridgehead atoms. The minimum absolute atomic E-state index is 0.0114. The third-order valence-corrected chi connectivity index (χ3v) is 4.82. The van der Waals surface area contributed by atoms with Crippen LogP contribution in [0.3, 0.4) is 0 Å². The van der Waals surface area contributed by atoms with Gasteiger partial charge in [-0.25, -0.2) is 4.79 Å². The maximum absolute atomic E-state index is 12.6. The van der Waals surface area contributed by atoms with Crippen LogP contribution in [0.2, 0.25) is 0 Å². The molecule has 0 unspecified atom stereocenters. The Hall–Kier alpha value is -2.71. The zero-order valence-electron chi connectivity index (χ0n) is 17.7. The largest absolute Gasteiger partial charge is 0.491 e. The van der Waals surface area contributed by atoms with Crippen molar-refractivity contribution in [2.75, 3.05) is 30.9 Å². The number of ether oxygens (including phenoxy) is 3. The first-order valence-electron chi connectivity index (χ1n) is 10.1. The summed E-state index contributed by atoms with van der Waals surface area (Å²) in [5.41, 5.74) is 2.45. The van der Waals surface area contributed by atoms with Crippen LogP contribution in [0.25, 0.3) is 0 Å². The van der Waals surface area contributed by atoms with Gasteiger partial charge in [0.05, 0.1) is 19.0 Å². The van der Waals surface area contributed by atoms with Crippen LogP contribution in [0.15, 0.2) is 48.5 Å². The second-order valence-corrected chi connectivity index (χ2v) is 7.42. The minimum atomic E-state index is -0.599. The van der Waals surface area contributed by atoms with Gasteiger partial charge in [-0.05, 0) is 43.2 Å². The van der Waals surface area contributed by atoms with E-state index in [2.05, 4.69) is 17.9 Å². The highest BCUT2D eigenvalue weighted by atomic mass is 32.1. The van der Waals surface area contributed by atoms with E-state index in [0.29, 0.717) is 17.9 Å².